The molecule has 0 fully saturated rings. The van der Waals surface area contributed by atoms with Crippen molar-refractivity contribution in [3.05, 3.63) is 29.8 Å². The summed E-state index contributed by atoms with van der Waals surface area (Å²) >= 11 is 1.67. The summed E-state index contributed by atoms with van der Waals surface area (Å²) in [5, 5.41) is 8.78. The van der Waals surface area contributed by atoms with Crippen molar-refractivity contribution in [3.63, 3.8) is 0 Å². The average molecular weight is 297 g/mol. The van der Waals surface area contributed by atoms with Crippen LogP contribution in [0.1, 0.15) is 25.8 Å². The first-order valence-electron chi connectivity index (χ1n) is 6.30. The quantitative estimate of drug-likeness (QED) is 0.726. The summed E-state index contributed by atoms with van der Waals surface area (Å²) in [6, 6.07) is 8.17. The third kappa shape index (κ3) is 5.25. The number of thioether (sulfide) groups is 1. The van der Waals surface area contributed by atoms with Crippen molar-refractivity contribution < 1.29 is 8.42 Å². The van der Waals surface area contributed by atoms with Crippen molar-refractivity contribution in [1.29, 1.82) is 5.26 Å². The molecule has 104 valence electrons. The van der Waals surface area contributed by atoms with Crippen LogP contribution in [0.15, 0.2) is 29.2 Å². The Morgan fingerprint density at radius 2 is 2.16 bits per heavy atom. The fourth-order valence-corrected chi connectivity index (χ4v) is 4.43. The van der Waals surface area contributed by atoms with Crippen LogP contribution in [0.3, 0.4) is 0 Å². The first-order valence-corrected chi connectivity index (χ1v) is 9.11. The minimum absolute atomic E-state index is 0.128. The van der Waals surface area contributed by atoms with Crippen molar-refractivity contribution in [2.75, 3.05) is 17.3 Å². The predicted molar refractivity (Wildman–Crippen MR) is 80.0 cm³/mol. The first-order chi connectivity index (χ1) is 8.99. The van der Waals surface area contributed by atoms with Crippen LogP contribution in [-0.2, 0) is 9.84 Å². The summed E-state index contributed by atoms with van der Waals surface area (Å²) in [4.78, 5) is 0.246. The number of hydrogen-bond donors (Lipinski definition) is 0. The smallest absolute Gasteiger partial charge is 0.179 e. The van der Waals surface area contributed by atoms with Gasteiger partial charge in [-0.05, 0) is 29.9 Å². The molecule has 0 radical (unpaired) electrons. The molecule has 1 aromatic rings. The van der Waals surface area contributed by atoms with E-state index in [1.165, 1.54) is 6.07 Å². The molecule has 1 aromatic carbocycles. The van der Waals surface area contributed by atoms with Gasteiger partial charge in [0, 0.05) is 5.75 Å². The van der Waals surface area contributed by atoms with Crippen molar-refractivity contribution >= 4 is 21.6 Å². The highest BCUT2D eigenvalue weighted by Gasteiger charge is 2.14. The lowest BCUT2D eigenvalue weighted by atomic mass is 10.2. The molecule has 0 heterocycles. The van der Waals surface area contributed by atoms with Gasteiger partial charge in [-0.15, -0.1) is 0 Å². The van der Waals surface area contributed by atoms with E-state index in [1.54, 1.807) is 30.0 Å². The molecule has 0 aliphatic heterocycles. The first kappa shape index (κ1) is 16.1. The van der Waals surface area contributed by atoms with E-state index < -0.39 is 9.84 Å². The van der Waals surface area contributed by atoms with Gasteiger partial charge in [-0.25, -0.2) is 8.42 Å². The van der Waals surface area contributed by atoms with E-state index in [2.05, 4.69) is 13.8 Å². The Morgan fingerprint density at radius 3 is 2.79 bits per heavy atom. The van der Waals surface area contributed by atoms with E-state index in [0.717, 1.165) is 12.2 Å². The van der Waals surface area contributed by atoms with Crippen LogP contribution < -0.4 is 0 Å². The van der Waals surface area contributed by atoms with Gasteiger partial charge in [0.1, 0.15) is 0 Å². The van der Waals surface area contributed by atoms with Crippen LogP contribution in [0.5, 0.6) is 0 Å². The Balaban J connectivity index is 2.59. The maximum absolute atomic E-state index is 12.1. The van der Waals surface area contributed by atoms with Crippen LogP contribution >= 0.6 is 11.8 Å². The molecule has 1 unspecified atom stereocenters. The van der Waals surface area contributed by atoms with E-state index in [1.807, 2.05) is 6.07 Å². The molecule has 0 saturated carbocycles. The second-order valence-electron chi connectivity index (χ2n) is 4.55. The highest BCUT2D eigenvalue weighted by Crippen LogP contribution is 2.16. The summed E-state index contributed by atoms with van der Waals surface area (Å²) in [5.41, 5.74) is 0.383. The van der Waals surface area contributed by atoms with Crippen molar-refractivity contribution in [3.8, 4) is 6.07 Å². The van der Waals surface area contributed by atoms with Crippen LogP contribution in [0.25, 0.3) is 0 Å². The van der Waals surface area contributed by atoms with Crippen LogP contribution in [0, 0.1) is 17.2 Å². The van der Waals surface area contributed by atoms with E-state index in [-0.39, 0.29) is 10.6 Å². The minimum atomic E-state index is -3.27. The Hall–Kier alpha value is -0.990. The normalized spacial score (nSPS) is 12.9. The Kier molecular flexibility index (Phi) is 6.40. The molecule has 0 bridgehead atoms. The second-order valence-corrected chi connectivity index (χ2v) is 7.81. The van der Waals surface area contributed by atoms with Gasteiger partial charge in [0.2, 0.25) is 0 Å². The van der Waals surface area contributed by atoms with E-state index in [9.17, 15) is 8.42 Å². The number of rotatable bonds is 7. The van der Waals surface area contributed by atoms with Gasteiger partial charge in [0.05, 0.1) is 22.3 Å². The molecule has 1 atom stereocenters. The predicted octanol–water partition coefficient (Wildman–Crippen LogP) is 3.11. The molecule has 0 N–H and O–H groups in total. The lowest BCUT2D eigenvalue weighted by Gasteiger charge is -2.08. The number of nitriles is 1. The van der Waals surface area contributed by atoms with Crippen LogP contribution in [0.2, 0.25) is 0 Å². The standard InChI is InChI=1S/C14H19NO2S2/c1-3-12(2)11-18-7-8-19(16,17)14-6-4-5-13(9-14)10-15/h4-6,9,12H,3,7-8,11H2,1-2H3. The lowest BCUT2D eigenvalue weighted by Crippen LogP contribution is -2.10. The van der Waals surface area contributed by atoms with E-state index in [4.69, 9.17) is 5.26 Å². The maximum Gasteiger partial charge on any atom is 0.179 e. The van der Waals surface area contributed by atoms with Crippen molar-refractivity contribution in [2.24, 2.45) is 5.92 Å². The van der Waals surface area contributed by atoms with Crippen LogP contribution in [-0.4, -0.2) is 25.7 Å². The van der Waals surface area contributed by atoms with E-state index in [0.29, 0.717) is 17.2 Å². The van der Waals surface area contributed by atoms with Gasteiger partial charge in [0.25, 0.3) is 0 Å². The monoisotopic (exact) mass is 297 g/mol. The molecule has 0 spiro atoms. The van der Waals surface area contributed by atoms with Crippen molar-refractivity contribution in [1.82, 2.24) is 0 Å². The zero-order valence-electron chi connectivity index (χ0n) is 11.3. The molecule has 0 aliphatic rings. The van der Waals surface area contributed by atoms with E-state index >= 15 is 0 Å². The van der Waals surface area contributed by atoms with Gasteiger partial charge in [0.15, 0.2) is 9.84 Å². The van der Waals surface area contributed by atoms with Gasteiger partial charge in [-0.1, -0.05) is 26.3 Å². The topological polar surface area (TPSA) is 57.9 Å². The summed E-state index contributed by atoms with van der Waals surface area (Å²) in [5.74, 6) is 2.34. The fourth-order valence-electron chi connectivity index (χ4n) is 1.45. The molecule has 3 nitrogen and oxygen atoms in total. The second kappa shape index (κ2) is 7.56. The Bertz CT molecular complexity index is 547. The summed E-state index contributed by atoms with van der Waals surface area (Å²) < 4.78 is 24.2. The molecule has 19 heavy (non-hydrogen) atoms. The highest BCUT2D eigenvalue weighted by atomic mass is 32.2. The molecule has 1 rings (SSSR count). The number of sulfone groups is 1. The van der Waals surface area contributed by atoms with Gasteiger partial charge < -0.3 is 0 Å². The molecule has 0 saturated heterocycles. The highest BCUT2D eigenvalue weighted by molar-refractivity contribution is 8.00. The number of hydrogen-bond acceptors (Lipinski definition) is 4. The maximum atomic E-state index is 12.1. The summed E-state index contributed by atoms with van der Waals surface area (Å²) in [6.45, 7) is 4.30. The Labute approximate surface area is 119 Å². The van der Waals surface area contributed by atoms with Gasteiger partial charge in [-0.3, -0.25) is 0 Å². The largest absolute Gasteiger partial charge is 0.224 e. The molecular formula is C14H19NO2S2. The van der Waals surface area contributed by atoms with Crippen molar-refractivity contribution in [2.45, 2.75) is 25.2 Å². The molecule has 0 aliphatic carbocycles. The SMILES string of the molecule is CCC(C)CSCCS(=O)(=O)c1cccc(C#N)c1. The summed E-state index contributed by atoms with van der Waals surface area (Å²) in [7, 11) is -3.27. The molecule has 0 aromatic heterocycles. The van der Waals surface area contributed by atoms with Gasteiger partial charge >= 0.3 is 0 Å². The van der Waals surface area contributed by atoms with Gasteiger partial charge in [-0.2, -0.15) is 17.0 Å². The van der Waals surface area contributed by atoms with Crippen LogP contribution in [0.4, 0.5) is 0 Å². The lowest BCUT2D eigenvalue weighted by molar-refractivity contribution is 0.597. The summed E-state index contributed by atoms with van der Waals surface area (Å²) in [6.07, 6.45) is 1.12. The third-order valence-electron chi connectivity index (χ3n) is 2.92. The molecule has 5 heteroatoms. The number of nitrogens with zero attached hydrogens (tertiary/aromatic N) is 1. The zero-order chi connectivity index (χ0) is 14.3. The molecule has 0 amide bonds. The third-order valence-corrected chi connectivity index (χ3v) is 6.19. The zero-order valence-corrected chi connectivity index (χ0v) is 12.9. The average Bonchev–Trinajstić information content (AvgIpc) is 2.43. The molecular weight excluding hydrogens is 278 g/mol. The minimum Gasteiger partial charge on any atom is -0.224 e. The Morgan fingerprint density at radius 1 is 1.42 bits per heavy atom. The number of benzene rings is 1. The fraction of sp³-hybridized carbons (Fsp3) is 0.500.